The Kier molecular flexibility index (Phi) is 2.71. The van der Waals surface area contributed by atoms with Gasteiger partial charge in [0.2, 0.25) is 0 Å². The van der Waals surface area contributed by atoms with Crippen LogP contribution >= 0.6 is 15.9 Å². The Morgan fingerprint density at radius 1 is 1.47 bits per heavy atom. The number of halogens is 1. The minimum absolute atomic E-state index is 0.0108. The molecular formula is C15H21BrO3. The van der Waals surface area contributed by atoms with Gasteiger partial charge in [-0.05, 0) is 26.3 Å². The molecule has 1 spiro atoms. The van der Waals surface area contributed by atoms with Gasteiger partial charge in [-0.15, -0.1) is 0 Å². The predicted molar refractivity (Wildman–Crippen MR) is 76.8 cm³/mol. The summed E-state index contributed by atoms with van der Waals surface area (Å²) in [6.45, 7) is 12.4. The number of ether oxygens (including phenoxy) is 2. The Bertz CT molecular complexity index is 484. The minimum atomic E-state index is -0.612. The normalized spacial score (nSPS) is 50.8. The van der Waals surface area contributed by atoms with E-state index < -0.39 is 11.7 Å². The smallest absolute Gasteiger partial charge is 0.168 e. The van der Waals surface area contributed by atoms with Crippen LogP contribution in [0.15, 0.2) is 22.7 Å². The predicted octanol–water partition coefficient (Wildman–Crippen LogP) is 3.13. The molecule has 2 fully saturated rings. The molecule has 0 aromatic carbocycles. The van der Waals surface area contributed by atoms with E-state index in [0.29, 0.717) is 0 Å². The van der Waals surface area contributed by atoms with Crippen LogP contribution in [0.3, 0.4) is 0 Å². The van der Waals surface area contributed by atoms with Crippen molar-refractivity contribution in [2.24, 2.45) is 10.8 Å². The number of aliphatic hydroxyl groups is 1. The van der Waals surface area contributed by atoms with E-state index in [1.165, 1.54) is 0 Å². The van der Waals surface area contributed by atoms with Gasteiger partial charge in [0.15, 0.2) is 6.29 Å². The maximum atomic E-state index is 10.4. The second-order valence-corrected chi connectivity index (χ2v) is 7.64. The molecule has 1 N–H and O–H groups in total. The molecule has 2 heterocycles. The zero-order valence-electron chi connectivity index (χ0n) is 11.9. The van der Waals surface area contributed by atoms with E-state index >= 15 is 0 Å². The summed E-state index contributed by atoms with van der Waals surface area (Å²) in [5, 5.41) is 10.4. The maximum absolute atomic E-state index is 10.4. The molecule has 0 aromatic rings. The van der Waals surface area contributed by atoms with Gasteiger partial charge in [0.1, 0.15) is 11.7 Å². The molecule has 19 heavy (non-hydrogen) atoms. The minimum Gasteiger partial charge on any atom is -0.386 e. The molecule has 5 atom stereocenters. The summed E-state index contributed by atoms with van der Waals surface area (Å²) < 4.78 is 13.0. The highest BCUT2D eigenvalue weighted by Gasteiger charge is 2.78. The lowest BCUT2D eigenvalue weighted by Crippen LogP contribution is -2.76. The van der Waals surface area contributed by atoms with E-state index in [-0.39, 0.29) is 23.2 Å². The van der Waals surface area contributed by atoms with Crippen molar-refractivity contribution in [2.45, 2.75) is 58.2 Å². The lowest BCUT2D eigenvalue weighted by molar-refractivity contribution is -0.409. The Morgan fingerprint density at radius 3 is 2.68 bits per heavy atom. The van der Waals surface area contributed by atoms with Crippen molar-refractivity contribution in [3.8, 4) is 0 Å². The summed E-state index contributed by atoms with van der Waals surface area (Å²) in [6, 6.07) is 0. The van der Waals surface area contributed by atoms with E-state index in [2.05, 4.69) is 36.4 Å². The van der Waals surface area contributed by atoms with Gasteiger partial charge in [0.25, 0.3) is 0 Å². The van der Waals surface area contributed by atoms with Crippen molar-refractivity contribution >= 4 is 15.9 Å². The number of hydrogen-bond acceptors (Lipinski definition) is 3. The molecule has 2 aliphatic heterocycles. The first-order chi connectivity index (χ1) is 8.67. The quantitative estimate of drug-likeness (QED) is 0.751. The molecule has 0 radical (unpaired) electrons. The standard InChI is InChI=1S/C15H21BrO3/c1-8(2)9-7-15-12(18-9)19-14(15,5)11(17)6-10(16)13(15,3)4/h6,9,11-12,17H,1,7H2,2-5H3/t9-,11+,12+,14-,15+/m1/s1. The summed E-state index contributed by atoms with van der Waals surface area (Å²) in [6.07, 6.45) is 1.84. The summed E-state index contributed by atoms with van der Waals surface area (Å²) in [5.41, 5.74) is 0.0959. The average molecular weight is 329 g/mol. The van der Waals surface area contributed by atoms with E-state index in [1.807, 2.05) is 19.9 Å². The summed E-state index contributed by atoms with van der Waals surface area (Å²) >= 11 is 3.63. The highest BCUT2D eigenvalue weighted by molar-refractivity contribution is 9.11. The molecule has 3 nitrogen and oxygen atoms in total. The Morgan fingerprint density at radius 2 is 2.11 bits per heavy atom. The molecule has 4 heteroatoms. The zero-order chi connectivity index (χ0) is 14.2. The Hall–Kier alpha value is -0.160. The molecule has 3 aliphatic rings. The molecule has 0 saturated carbocycles. The first-order valence-electron chi connectivity index (χ1n) is 6.71. The van der Waals surface area contributed by atoms with Gasteiger partial charge >= 0.3 is 0 Å². The van der Waals surface area contributed by atoms with Gasteiger partial charge in [-0.2, -0.15) is 0 Å². The van der Waals surface area contributed by atoms with Crippen molar-refractivity contribution < 1.29 is 14.6 Å². The zero-order valence-corrected chi connectivity index (χ0v) is 13.5. The fraction of sp³-hybridized carbons (Fsp3) is 0.733. The molecule has 0 aromatic heterocycles. The lowest BCUT2D eigenvalue weighted by atomic mass is 9.48. The van der Waals surface area contributed by atoms with Crippen molar-refractivity contribution in [3.05, 3.63) is 22.7 Å². The molecule has 1 aliphatic carbocycles. The van der Waals surface area contributed by atoms with Crippen molar-refractivity contribution in [2.75, 3.05) is 0 Å². The van der Waals surface area contributed by atoms with E-state index in [4.69, 9.17) is 9.47 Å². The fourth-order valence-corrected chi connectivity index (χ4v) is 4.65. The number of aliphatic hydroxyl groups excluding tert-OH is 1. The monoisotopic (exact) mass is 328 g/mol. The third kappa shape index (κ3) is 1.34. The van der Waals surface area contributed by atoms with E-state index in [0.717, 1.165) is 16.5 Å². The first-order valence-corrected chi connectivity index (χ1v) is 7.50. The molecule has 0 unspecified atom stereocenters. The van der Waals surface area contributed by atoms with Gasteiger partial charge in [-0.25, -0.2) is 0 Å². The van der Waals surface area contributed by atoms with Crippen LogP contribution in [0, 0.1) is 10.8 Å². The third-order valence-corrected chi connectivity index (χ3v) is 6.82. The van der Waals surface area contributed by atoms with E-state index in [1.54, 1.807) is 0 Å². The number of allylic oxidation sites excluding steroid dienone is 1. The summed E-state index contributed by atoms with van der Waals surface area (Å²) in [7, 11) is 0. The average Bonchev–Trinajstić information content (AvgIpc) is 2.61. The van der Waals surface area contributed by atoms with Crippen molar-refractivity contribution in [1.29, 1.82) is 0 Å². The molecular weight excluding hydrogens is 308 g/mol. The second kappa shape index (κ2) is 3.73. The Balaban J connectivity index is 2.11. The molecule has 3 rings (SSSR count). The van der Waals surface area contributed by atoms with Gasteiger partial charge in [0.05, 0.1) is 11.5 Å². The molecule has 2 saturated heterocycles. The van der Waals surface area contributed by atoms with Crippen molar-refractivity contribution in [1.82, 2.24) is 0 Å². The Labute approximate surface area is 122 Å². The van der Waals surface area contributed by atoms with Crippen LogP contribution in [0.5, 0.6) is 0 Å². The lowest BCUT2D eigenvalue weighted by Gasteiger charge is -2.67. The third-order valence-electron chi connectivity index (χ3n) is 5.57. The van der Waals surface area contributed by atoms with E-state index in [9.17, 15) is 5.11 Å². The van der Waals surface area contributed by atoms with Crippen molar-refractivity contribution in [3.63, 3.8) is 0 Å². The number of hydrogen-bond donors (Lipinski definition) is 1. The molecule has 0 amide bonds. The van der Waals surface area contributed by atoms with Crippen LogP contribution in [0.2, 0.25) is 0 Å². The van der Waals surface area contributed by atoms with Crippen LogP contribution in [-0.4, -0.2) is 29.2 Å². The van der Waals surface area contributed by atoms with Crippen LogP contribution in [0.1, 0.15) is 34.1 Å². The maximum Gasteiger partial charge on any atom is 0.168 e. The number of rotatable bonds is 1. The highest BCUT2D eigenvalue weighted by Crippen LogP contribution is 2.72. The van der Waals surface area contributed by atoms with Gasteiger partial charge in [-0.1, -0.05) is 41.9 Å². The molecule has 106 valence electrons. The van der Waals surface area contributed by atoms with Gasteiger partial charge in [0, 0.05) is 9.90 Å². The topological polar surface area (TPSA) is 38.7 Å². The SMILES string of the molecule is C=C(C)[C@H]1C[C@@]23[C@@H](O1)O[C@]2(C)[C@@H](O)C=C(Br)C3(C)C. The first kappa shape index (κ1) is 13.8. The summed E-state index contributed by atoms with van der Waals surface area (Å²) in [5.74, 6) is 0. The van der Waals surface area contributed by atoms with Crippen LogP contribution in [0.4, 0.5) is 0 Å². The van der Waals surface area contributed by atoms with Gasteiger partial charge < -0.3 is 14.6 Å². The second-order valence-electron chi connectivity index (χ2n) is 6.79. The van der Waals surface area contributed by atoms with Crippen LogP contribution in [-0.2, 0) is 9.47 Å². The highest BCUT2D eigenvalue weighted by atomic mass is 79.9. The van der Waals surface area contributed by atoms with Crippen LogP contribution in [0.25, 0.3) is 0 Å². The largest absolute Gasteiger partial charge is 0.386 e. The molecule has 0 bridgehead atoms. The fourth-order valence-electron chi connectivity index (χ4n) is 4.05. The van der Waals surface area contributed by atoms with Gasteiger partial charge in [-0.3, -0.25) is 0 Å². The summed E-state index contributed by atoms with van der Waals surface area (Å²) in [4.78, 5) is 0. The van der Waals surface area contributed by atoms with Crippen LogP contribution < -0.4 is 0 Å².